The molecule has 0 radical (unpaired) electrons. The molecule has 0 heterocycles. The summed E-state index contributed by atoms with van der Waals surface area (Å²) in [6.45, 7) is 11.5. The van der Waals surface area contributed by atoms with Crippen molar-refractivity contribution in [3.8, 4) is 0 Å². The van der Waals surface area contributed by atoms with E-state index in [-0.39, 0.29) is 27.9 Å². The van der Waals surface area contributed by atoms with Crippen molar-refractivity contribution in [1.82, 2.24) is 0 Å². The largest absolute Gasteiger partial charge is 0.481 e. The fraction of sp³-hybridized carbons (Fsp3) is 0.828. The van der Waals surface area contributed by atoms with Crippen LogP contribution in [-0.4, -0.2) is 23.1 Å². The van der Waals surface area contributed by atoms with E-state index in [9.17, 15) is 19.5 Å². The Balaban J connectivity index is 1.58. The first-order valence-corrected chi connectivity index (χ1v) is 13.3. The molecule has 0 spiro atoms. The number of rotatable bonds is 2. The summed E-state index contributed by atoms with van der Waals surface area (Å²) in [6.07, 6.45) is 12.2. The van der Waals surface area contributed by atoms with Crippen molar-refractivity contribution in [2.24, 2.45) is 50.7 Å². The Morgan fingerprint density at radius 2 is 1.67 bits per heavy atom. The van der Waals surface area contributed by atoms with Gasteiger partial charge in [-0.1, -0.05) is 39.3 Å². The lowest BCUT2D eigenvalue weighted by atomic mass is 9.32. The molecule has 0 aliphatic heterocycles. The van der Waals surface area contributed by atoms with Crippen LogP contribution in [0.25, 0.3) is 0 Å². The van der Waals surface area contributed by atoms with Gasteiger partial charge in [0.2, 0.25) is 0 Å². The van der Waals surface area contributed by atoms with Crippen LogP contribution in [0.4, 0.5) is 0 Å². The minimum atomic E-state index is -0.849. The van der Waals surface area contributed by atoms with Gasteiger partial charge in [0.15, 0.2) is 0 Å². The summed E-state index contributed by atoms with van der Waals surface area (Å²) >= 11 is 0. The topological polar surface area (TPSA) is 71.4 Å². The second-order valence-electron chi connectivity index (χ2n) is 13.5. The highest BCUT2D eigenvalue weighted by Gasteiger charge is 2.70. The first kappa shape index (κ1) is 23.3. The molecular weight excluding hydrogens is 412 g/mol. The average molecular weight is 455 g/mol. The second kappa shape index (κ2) is 7.04. The number of allylic oxidation sites excluding steroid dienone is 1. The molecule has 4 heteroatoms. The van der Waals surface area contributed by atoms with Crippen molar-refractivity contribution < 1.29 is 19.5 Å². The Hall–Kier alpha value is -1.45. The summed E-state index contributed by atoms with van der Waals surface area (Å²) in [5, 5.41) is 10.4. The van der Waals surface area contributed by atoms with Crippen LogP contribution in [0.5, 0.6) is 0 Å². The van der Waals surface area contributed by atoms with Gasteiger partial charge in [-0.05, 0) is 105 Å². The van der Waals surface area contributed by atoms with Crippen LogP contribution in [0.3, 0.4) is 0 Å². The van der Waals surface area contributed by atoms with Crippen LogP contribution < -0.4 is 0 Å². The van der Waals surface area contributed by atoms with Gasteiger partial charge in [-0.2, -0.15) is 0 Å². The van der Waals surface area contributed by atoms with Crippen molar-refractivity contribution in [1.29, 1.82) is 0 Å². The van der Waals surface area contributed by atoms with Gasteiger partial charge in [0.1, 0.15) is 12.1 Å². The van der Waals surface area contributed by atoms with Gasteiger partial charge < -0.3 is 9.90 Å². The van der Waals surface area contributed by atoms with Gasteiger partial charge in [-0.3, -0.25) is 9.59 Å². The second-order valence-corrected chi connectivity index (χ2v) is 13.5. The van der Waals surface area contributed by atoms with Gasteiger partial charge in [0, 0.05) is 6.42 Å². The third kappa shape index (κ3) is 2.67. The average Bonchev–Trinajstić information content (AvgIpc) is 2.77. The third-order valence-corrected chi connectivity index (χ3v) is 12.5. The summed E-state index contributed by atoms with van der Waals surface area (Å²) in [7, 11) is 0. The van der Waals surface area contributed by atoms with E-state index in [4.69, 9.17) is 0 Å². The standard InChI is InChI=1S/C29H42O4/c1-18-8-13-29(24(32)33)15-14-27(4)19(20(29)16-18)6-7-22-25(2)11-10-23(31)26(3,17-30)21(25)9-12-28(22,27)5/h16-19,21-22H,6-15H2,1-5H3,(H,32,33)/t18-,19-,21-,22-,25+,26-,27-,28-,29+/m1/s1. The number of carbonyl (C=O) groups excluding carboxylic acids is 2. The fourth-order valence-electron chi connectivity index (χ4n) is 10.3. The lowest BCUT2D eigenvalue weighted by Gasteiger charge is -2.71. The van der Waals surface area contributed by atoms with Crippen LogP contribution in [0.2, 0.25) is 0 Å². The number of hydrogen-bond donors (Lipinski definition) is 1. The number of aliphatic carboxylic acids is 1. The van der Waals surface area contributed by atoms with Gasteiger partial charge in [0.25, 0.3) is 0 Å². The molecule has 9 atom stereocenters. The van der Waals surface area contributed by atoms with Crippen LogP contribution in [0.1, 0.15) is 98.8 Å². The number of carboxylic acid groups (broad SMARTS) is 1. The van der Waals surface area contributed by atoms with E-state index in [1.165, 1.54) is 5.57 Å². The van der Waals surface area contributed by atoms with E-state index in [2.05, 4.69) is 33.8 Å². The van der Waals surface area contributed by atoms with Crippen molar-refractivity contribution in [3.63, 3.8) is 0 Å². The molecule has 0 unspecified atom stereocenters. The minimum Gasteiger partial charge on any atom is -0.481 e. The molecule has 5 aliphatic rings. The van der Waals surface area contributed by atoms with E-state index >= 15 is 0 Å². The maximum absolute atomic E-state index is 12.9. The molecule has 0 bridgehead atoms. The normalized spacial score (nSPS) is 53.6. The number of hydrogen-bond acceptors (Lipinski definition) is 3. The Bertz CT molecular complexity index is 936. The molecule has 0 saturated heterocycles. The molecule has 0 aromatic carbocycles. The predicted molar refractivity (Wildman–Crippen MR) is 127 cm³/mol. The lowest BCUT2D eigenvalue weighted by molar-refractivity contribution is -0.212. The van der Waals surface area contributed by atoms with Crippen LogP contribution in [-0.2, 0) is 14.4 Å². The molecule has 5 aliphatic carbocycles. The molecule has 0 aromatic rings. The van der Waals surface area contributed by atoms with Crippen molar-refractivity contribution in [2.75, 3.05) is 0 Å². The molecule has 182 valence electrons. The van der Waals surface area contributed by atoms with Crippen LogP contribution >= 0.6 is 0 Å². The molecule has 4 saturated carbocycles. The highest BCUT2D eigenvalue weighted by Crippen LogP contribution is 2.75. The predicted octanol–water partition coefficient (Wildman–Crippen LogP) is 6.23. The number of aldehydes is 1. The maximum Gasteiger partial charge on any atom is 0.313 e. The molecule has 5 rings (SSSR count). The minimum absolute atomic E-state index is 0.0138. The molecule has 33 heavy (non-hydrogen) atoms. The van der Waals surface area contributed by atoms with Gasteiger partial charge >= 0.3 is 5.97 Å². The third-order valence-electron chi connectivity index (χ3n) is 12.5. The van der Waals surface area contributed by atoms with E-state index in [0.717, 1.165) is 64.1 Å². The first-order valence-electron chi connectivity index (χ1n) is 13.3. The van der Waals surface area contributed by atoms with Gasteiger partial charge in [0.05, 0.1) is 10.8 Å². The van der Waals surface area contributed by atoms with E-state index < -0.39 is 16.8 Å². The van der Waals surface area contributed by atoms with Crippen LogP contribution in [0, 0.1) is 50.7 Å². The number of ketones is 1. The zero-order valence-electron chi connectivity index (χ0n) is 21.2. The van der Waals surface area contributed by atoms with Crippen molar-refractivity contribution >= 4 is 18.0 Å². The highest BCUT2D eigenvalue weighted by atomic mass is 16.4. The Kier molecular flexibility index (Phi) is 4.97. The molecule has 0 amide bonds. The number of carbonyl (C=O) groups is 3. The summed E-state index contributed by atoms with van der Waals surface area (Å²) in [5.74, 6) is 0.890. The number of Topliss-reactive ketones (excluding diaryl/α,β-unsaturated/α-hetero) is 1. The van der Waals surface area contributed by atoms with E-state index in [1.54, 1.807) is 0 Å². The quantitative estimate of drug-likeness (QED) is 0.305. The Labute approximate surface area is 199 Å². The maximum atomic E-state index is 12.9. The van der Waals surface area contributed by atoms with Crippen molar-refractivity contribution in [3.05, 3.63) is 11.6 Å². The summed E-state index contributed by atoms with van der Waals surface area (Å²) in [5.41, 5.74) is -0.124. The lowest BCUT2D eigenvalue weighted by Crippen LogP contribution is -2.66. The zero-order valence-corrected chi connectivity index (χ0v) is 21.2. The monoisotopic (exact) mass is 454 g/mol. The van der Waals surface area contributed by atoms with E-state index in [0.29, 0.717) is 24.2 Å². The highest BCUT2D eigenvalue weighted by molar-refractivity contribution is 5.99. The summed E-state index contributed by atoms with van der Waals surface area (Å²) < 4.78 is 0. The number of carboxylic acids is 1. The van der Waals surface area contributed by atoms with Crippen molar-refractivity contribution in [2.45, 2.75) is 98.8 Å². The molecular formula is C29H42O4. The molecule has 4 fully saturated rings. The first-order chi connectivity index (χ1) is 15.4. The van der Waals surface area contributed by atoms with Gasteiger partial charge in [-0.15, -0.1) is 0 Å². The Morgan fingerprint density at radius 3 is 2.33 bits per heavy atom. The SMILES string of the molecule is C[C@H]1C=C2[C@H]3CC[C@@H]4[C@@]5(C)CCC(=O)[C@](C)(C=O)[C@@H]5CC[C@@]4(C)[C@]3(C)CC[C@@]2(C(=O)O)CC1. The summed E-state index contributed by atoms with van der Waals surface area (Å²) in [6, 6.07) is 0. The number of fused-ring (bicyclic) bond motifs is 7. The Morgan fingerprint density at radius 1 is 0.939 bits per heavy atom. The molecule has 0 aromatic heterocycles. The fourth-order valence-corrected chi connectivity index (χ4v) is 10.3. The van der Waals surface area contributed by atoms with E-state index in [1.807, 2.05) is 6.92 Å². The van der Waals surface area contributed by atoms with Crippen LogP contribution in [0.15, 0.2) is 11.6 Å². The summed E-state index contributed by atoms with van der Waals surface area (Å²) in [4.78, 5) is 37.7. The zero-order chi connectivity index (χ0) is 24.0. The molecule has 1 N–H and O–H groups in total. The molecule has 4 nitrogen and oxygen atoms in total. The van der Waals surface area contributed by atoms with Gasteiger partial charge in [-0.25, -0.2) is 0 Å². The smallest absolute Gasteiger partial charge is 0.313 e.